The standard InChI is InChI=1S/C17H20FNO2S/c1-12-4-5-13(2)17(10-12)14(3)19-22(20,21)11-15-6-8-16(18)9-7-15/h4-10,14,19H,11H2,1-3H3. The Morgan fingerprint density at radius 1 is 1.09 bits per heavy atom. The Labute approximate surface area is 131 Å². The molecule has 0 heterocycles. The van der Waals surface area contributed by atoms with Gasteiger partial charge >= 0.3 is 0 Å². The molecule has 1 atom stereocenters. The third kappa shape index (κ3) is 4.39. The lowest BCUT2D eigenvalue weighted by Crippen LogP contribution is -2.28. The van der Waals surface area contributed by atoms with Crippen molar-refractivity contribution < 1.29 is 12.8 Å². The van der Waals surface area contributed by atoms with Gasteiger partial charge in [-0.05, 0) is 49.6 Å². The van der Waals surface area contributed by atoms with Gasteiger partial charge in [-0.1, -0.05) is 35.9 Å². The van der Waals surface area contributed by atoms with E-state index in [1.54, 1.807) is 0 Å². The number of hydrogen-bond acceptors (Lipinski definition) is 2. The van der Waals surface area contributed by atoms with Crippen LogP contribution in [0, 0.1) is 19.7 Å². The van der Waals surface area contributed by atoms with Crippen molar-refractivity contribution in [2.75, 3.05) is 0 Å². The van der Waals surface area contributed by atoms with Gasteiger partial charge in [-0.2, -0.15) is 0 Å². The molecule has 2 rings (SSSR count). The molecule has 0 aliphatic carbocycles. The van der Waals surface area contributed by atoms with E-state index >= 15 is 0 Å². The molecular formula is C17H20FNO2S. The molecule has 0 amide bonds. The second-order valence-electron chi connectivity index (χ2n) is 5.59. The Hall–Kier alpha value is -1.72. The number of benzene rings is 2. The van der Waals surface area contributed by atoms with Crippen molar-refractivity contribution in [3.8, 4) is 0 Å². The van der Waals surface area contributed by atoms with E-state index in [0.29, 0.717) is 5.56 Å². The number of halogens is 1. The number of sulfonamides is 1. The van der Waals surface area contributed by atoms with Gasteiger partial charge in [-0.3, -0.25) is 0 Å². The largest absolute Gasteiger partial charge is 0.216 e. The molecule has 0 aliphatic rings. The van der Waals surface area contributed by atoms with E-state index in [9.17, 15) is 12.8 Å². The van der Waals surface area contributed by atoms with E-state index in [1.807, 2.05) is 39.0 Å². The molecule has 3 nitrogen and oxygen atoms in total. The SMILES string of the molecule is Cc1ccc(C)c(C(C)NS(=O)(=O)Cc2ccc(F)cc2)c1. The highest BCUT2D eigenvalue weighted by Gasteiger charge is 2.18. The monoisotopic (exact) mass is 321 g/mol. The van der Waals surface area contributed by atoms with Crippen LogP contribution in [0.4, 0.5) is 4.39 Å². The highest BCUT2D eigenvalue weighted by molar-refractivity contribution is 7.88. The first-order chi connectivity index (χ1) is 10.3. The maximum Gasteiger partial charge on any atom is 0.216 e. The third-order valence-corrected chi connectivity index (χ3v) is 4.95. The highest BCUT2D eigenvalue weighted by atomic mass is 32.2. The molecule has 0 radical (unpaired) electrons. The number of aryl methyl sites for hydroxylation is 2. The van der Waals surface area contributed by atoms with Gasteiger partial charge in [0.2, 0.25) is 10.0 Å². The van der Waals surface area contributed by atoms with Crippen molar-refractivity contribution >= 4 is 10.0 Å². The fourth-order valence-corrected chi connectivity index (χ4v) is 3.78. The Morgan fingerprint density at radius 3 is 2.36 bits per heavy atom. The van der Waals surface area contributed by atoms with Crippen LogP contribution in [0.25, 0.3) is 0 Å². The van der Waals surface area contributed by atoms with E-state index in [4.69, 9.17) is 0 Å². The molecule has 5 heteroatoms. The molecule has 1 unspecified atom stereocenters. The maximum atomic E-state index is 12.9. The molecule has 118 valence electrons. The van der Waals surface area contributed by atoms with Crippen LogP contribution in [0.1, 0.15) is 35.2 Å². The average Bonchev–Trinajstić information content (AvgIpc) is 2.43. The lowest BCUT2D eigenvalue weighted by atomic mass is 10.0. The highest BCUT2D eigenvalue weighted by Crippen LogP contribution is 2.20. The van der Waals surface area contributed by atoms with E-state index in [-0.39, 0.29) is 17.6 Å². The van der Waals surface area contributed by atoms with Gasteiger partial charge in [-0.15, -0.1) is 0 Å². The predicted octanol–water partition coefficient (Wildman–Crippen LogP) is 3.62. The first-order valence-corrected chi connectivity index (χ1v) is 8.74. The maximum absolute atomic E-state index is 12.9. The van der Waals surface area contributed by atoms with Crippen molar-refractivity contribution in [1.29, 1.82) is 0 Å². The molecule has 0 saturated heterocycles. The fourth-order valence-electron chi connectivity index (χ4n) is 2.40. The van der Waals surface area contributed by atoms with Crippen LogP contribution in [0.3, 0.4) is 0 Å². The summed E-state index contributed by atoms with van der Waals surface area (Å²) >= 11 is 0. The summed E-state index contributed by atoms with van der Waals surface area (Å²) in [6, 6.07) is 11.1. The van der Waals surface area contributed by atoms with Crippen LogP contribution in [-0.2, 0) is 15.8 Å². The van der Waals surface area contributed by atoms with E-state index in [1.165, 1.54) is 24.3 Å². The second kappa shape index (κ2) is 6.58. The lowest BCUT2D eigenvalue weighted by Gasteiger charge is -2.17. The minimum atomic E-state index is -3.50. The molecule has 0 spiro atoms. The molecule has 0 aliphatic heterocycles. The Bertz CT molecular complexity index is 755. The molecule has 2 aromatic carbocycles. The average molecular weight is 321 g/mol. The summed E-state index contributed by atoms with van der Waals surface area (Å²) < 4.78 is 40.1. The first kappa shape index (κ1) is 16.6. The lowest BCUT2D eigenvalue weighted by molar-refractivity contribution is 0.565. The number of nitrogens with one attached hydrogen (secondary N) is 1. The van der Waals surface area contributed by atoms with Gasteiger partial charge in [0.25, 0.3) is 0 Å². The first-order valence-electron chi connectivity index (χ1n) is 7.08. The van der Waals surface area contributed by atoms with E-state index in [0.717, 1.165) is 16.7 Å². The van der Waals surface area contributed by atoms with Gasteiger partial charge in [0.05, 0.1) is 5.75 Å². The van der Waals surface area contributed by atoms with Crippen LogP contribution in [0.2, 0.25) is 0 Å². The van der Waals surface area contributed by atoms with Gasteiger partial charge in [0.1, 0.15) is 5.82 Å². The molecule has 22 heavy (non-hydrogen) atoms. The minimum Gasteiger partial charge on any atom is -0.212 e. The molecule has 0 bridgehead atoms. The summed E-state index contributed by atoms with van der Waals surface area (Å²) in [5.74, 6) is -0.541. The van der Waals surface area contributed by atoms with Crippen molar-refractivity contribution in [1.82, 2.24) is 4.72 Å². The summed E-state index contributed by atoms with van der Waals surface area (Å²) in [5.41, 5.74) is 3.65. The molecule has 2 aromatic rings. The summed E-state index contributed by atoms with van der Waals surface area (Å²) in [6.07, 6.45) is 0. The van der Waals surface area contributed by atoms with Crippen molar-refractivity contribution in [2.24, 2.45) is 0 Å². The summed E-state index contributed by atoms with van der Waals surface area (Å²) in [4.78, 5) is 0. The topological polar surface area (TPSA) is 46.2 Å². The minimum absolute atomic E-state index is 0.164. The van der Waals surface area contributed by atoms with Crippen molar-refractivity contribution in [3.05, 3.63) is 70.5 Å². The second-order valence-corrected chi connectivity index (χ2v) is 7.34. The van der Waals surface area contributed by atoms with Crippen LogP contribution in [0.5, 0.6) is 0 Å². The van der Waals surface area contributed by atoms with Gasteiger partial charge in [0, 0.05) is 6.04 Å². The summed E-state index contributed by atoms with van der Waals surface area (Å²) in [6.45, 7) is 5.76. The zero-order chi connectivity index (χ0) is 16.3. The number of hydrogen-bond donors (Lipinski definition) is 1. The molecular weight excluding hydrogens is 301 g/mol. The molecule has 1 N–H and O–H groups in total. The van der Waals surface area contributed by atoms with Crippen LogP contribution in [0.15, 0.2) is 42.5 Å². The fraction of sp³-hybridized carbons (Fsp3) is 0.294. The van der Waals surface area contributed by atoms with E-state index < -0.39 is 10.0 Å². The Morgan fingerprint density at radius 2 is 1.73 bits per heavy atom. The summed E-state index contributed by atoms with van der Waals surface area (Å²) in [5, 5.41) is 0. The van der Waals surface area contributed by atoms with Gasteiger partial charge < -0.3 is 0 Å². The van der Waals surface area contributed by atoms with E-state index in [2.05, 4.69) is 4.72 Å². The van der Waals surface area contributed by atoms with Crippen molar-refractivity contribution in [3.63, 3.8) is 0 Å². The van der Waals surface area contributed by atoms with Gasteiger partial charge in [0.15, 0.2) is 0 Å². The van der Waals surface area contributed by atoms with Crippen LogP contribution >= 0.6 is 0 Å². The number of rotatable bonds is 5. The predicted molar refractivity (Wildman–Crippen MR) is 86.5 cm³/mol. The zero-order valence-electron chi connectivity index (χ0n) is 12.9. The quantitative estimate of drug-likeness (QED) is 0.914. The smallest absolute Gasteiger partial charge is 0.212 e. The zero-order valence-corrected chi connectivity index (χ0v) is 13.7. The molecule has 0 fully saturated rings. The molecule has 0 aromatic heterocycles. The Balaban J connectivity index is 2.14. The third-order valence-electron chi connectivity index (χ3n) is 3.53. The summed E-state index contributed by atoms with van der Waals surface area (Å²) in [7, 11) is -3.50. The van der Waals surface area contributed by atoms with Crippen LogP contribution in [-0.4, -0.2) is 8.42 Å². The van der Waals surface area contributed by atoms with Crippen molar-refractivity contribution in [2.45, 2.75) is 32.6 Å². The normalized spacial score (nSPS) is 13.1. The molecule has 0 saturated carbocycles. The van der Waals surface area contributed by atoms with Crippen LogP contribution < -0.4 is 4.72 Å². The van der Waals surface area contributed by atoms with Gasteiger partial charge in [-0.25, -0.2) is 17.5 Å². The Kier molecular flexibility index (Phi) is 4.98.